The van der Waals surface area contributed by atoms with Gasteiger partial charge in [-0.15, -0.1) is 0 Å². The molecule has 0 atom stereocenters. The fraction of sp³-hybridized carbons (Fsp3) is 0.364. The van der Waals surface area contributed by atoms with Crippen molar-refractivity contribution < 1.29 is 18.4 Å². The quantitative estimate of drug-likeness (QED) is 0.820. The smallest absolute Gasteiger partial charge is 0.334 e. The van der Waals surface area contributed by atoms with Crippen LogP contribution in [0, 0.1) is 0 Å². The number of halogens is 1. The van der Waals surface area contributed by atoms with E-state index in [9.17, 15) is 9.36 Å². The van der Waals surface area contributed by atoms with E-state index in [0.29, 0.717) is 16.3 Å². The number of rotatable bonds is 5. The van der Waals surface area contributed by atoms with E-state index in [1.807, 2.05) is 0 Å². The van der Waals surface area contributed by atoms with Crippen LogP contribution in [0.4, 0.5) is 10.5 Å². The Morgan fingerprint density at radius 1 is 1.37 bits per heavy atom. The highest BCUT2D eigenvalue weighted by atomic mass is 35.5. The van der Waals surface area contributed by atoms with E-state index in [2.05, 4.69) is 10.6 Å². The summed E-state index contributed by atoms with van der Waals surface area (Å²) in [5, 5.41) is 5.39. The molecule has 0 radical (unpaired) electrons. The minimum absolute atomic E-state index is 0.0685. The van der Waals surface area contributed by atoms with Gasteiger partial charge in [0.2, 0.25) is 0 Å². The third-order valence-corrected chi connectivity index (χ3v) is 4.65. The second-order valence-electron chi connectivity index (χ2n) is 3.64. The summed E-state index contributed by atoms with van der Waals surface area (Å²) in [6.45, 7) is 0. The molecule has 0 spiro atoms. The maximum absolute atomic E-state index is 12.0. The summed E-state index contributed by atoms with van der Waals surface area (Å²) in [6, 6.07) is 4.55. The van der Waals surface area contributed by atoms with E-state index in [-0.39, 0.29) is 12.2 Å². The molecular weight excluding hydrogens is 291 g/mol. The molecule has 2 amide bonds. The van der Waals surface area contributed by atoms with Crippen LogP contribution in [0.3, 0.4) is 0 Å². The van der Waals surface area contributed by atoms with E-state index in [0.717, 1.165) is 0 Å². The van der Waals surface area contributed by atoms with Crippen molar-refractivity contribution in [2.45, 2.75) is 6.16 Å². The minimum Gasteiger partial charge on any atom is -0.341 e. The molecule has 0 aliphatic carbocycles. The maximum Gasteiger partial charge on any atom is 0.334 e. The molecule has 106 valence electrons. The molecule has 2 N–H and O–H groups in total. The highest BCUT2D eigenvalue weighted by Crippen LogP contribution is 2.50. The zero-order valence-electron chi connectivity index (χ0n) is 10.9. The number of carbonyl (C=O) groups is 1. The minimum atomic E-state index is -3.16. The topological polar surface area (TPSA) is 76.7 Å². The normalized spacial score (nSPS) is 11.2. The molecule has 1 aromatic carbocycles. The standard InChI is InChI=1S/C11H16ClN2O4P/c1-13-11(15)14-9-5-4-8(10(12)6-9)7-19(16,17-2)18-3/h4-6H,7H2,1-3H3,(H2,13,14,15). The number of urea groups is 1. The van der Waals surface area contributed by atoms with E-state index in [1.165, 1.54) is 21.3 Å². The molecule has 6 nitrogen and oxygen atoms in total. The predicted molar refractivity (Wildman–Crippen MR) is 74.9 cm³/mol. The van der Waals surface area contributed by atoms with E-state index in [1.54, 1.807) is 18.2 Å². The molecule has 0 saturated heterocycles. The molecule has 0 bridgehead atoms. The number of hydrogen-bond acceptors (Lipinski definition) is 4. The van der Waals surface area contributed by atoms with Gasteiger partial charge in [0.15, 0.2) is 0 Å². The molecule has 1 aromatic rings. The van der Waals surface area contributed by atoms with Gasteiger partial charge in [-0.05, 0) is 17.7 Å². The first-order chi connectivity index (χ1) is 8.94. The summed E-state index contributed by atoms with van der Waals surface area (Å²) < 4.78 is 21.7. The van der Waals surface area contributed by atoms with Crippen LogP contribution in [-0.2, 0) is 19.8 Å². The van der Waals surface area contributed by atoms with Crippen LogP contribution >= 0.6 is 19.2 Å². The lowest BCUT2D eigenvalue weighted by atomic mass is 10.2. The summed E-state index contributed by atoms with van der Waals surface area (Å²) in [4.78, 5) is 11.1. The van der Waals surface area contributed by atoms with Crippen molar-refractivity contribution in [2.24, 2.45) is 0 Å². The Labute approximate surface area is 117 Å². The van der Waals surface area contributed by atoms with Crippen molar-refractivity contribution in [3.8, 4) is 0 Å². The first-order valence-electron chi connectivity index (χ1n) is 5.42. The molecule has 0 aliphatic rings. The van der Waals surface area contributed by atoms with Gasteiger partial charge in [0.05, 0.1) is 6.16 Å². The second kappa shape index (κ2) is 6.91. The molecule has 0 aliphatic heterocycles. The van der Waals surface area contributed by atoms with E-state index >= 15 is 0 Å². The van der Waals surface area contributed by atoms with Gasteiger partial charge in [-0.2, -0.15) is 0 Å². The first-order valence-corrected chi connectivity index (χ1v) is 7.52. The molecule has 19 heavy (non-hydrogen) atoms. The zero-order chi connectivity index (χ0) is 14.5. The third kappa shape index (κ3) is 4.51. The third-order valence-electron chi connectivity index (χ3n) is 2.46. The lowest BCUT2D eigenvalue weighted by Gasteiger charge is -2.15. The summed E-state index contributed by atoms with van der Waals surface area (Å²) in [5.74, 6) is 0. The van der Waals surface area contributed by atoms with E-state index < -0.39 is 7.60 Å². The van der Waals surface area contributed by atoms with Gasteiger partial charge in [-0.25, -0.2) is 4.79 Å². The van der Waals surface area contributed by atoms with Crippen molar-refractivity contribution in [3.05, 3.63) is 28.8 Å². The molecule has 0 heterocycles. The van der Waals surface area contributed by atoms with Gasteiger partial charge < -0.3 is 19.7 Å². The molecule has 1 rings (SSSR count). The number of carbonyl (C=O) groups excluding carboxylic acids is 1. The Bertz CT molecular complexity index is 501. The Kier molecular flexibility index (Phi) is 5.82. The fourth-order valence-electron chi connectivity index (χ4n) is 1.36. The Morgan fingerprint density at radius 2 is 2.00 bits per heavy atom. The van der Waals surface area contributed by atoms with Crippen LogP contribution in [0.25, 0.3) is 0 Å². The van der Waals surface area contributed by atoms with Gasteiger partial charge in [0.25, 0.3) is 0 Å². The maximum atomic E-state index is 12.0. The number of hydrogen-bond donors (Lipinski definition) is 2. The molecule has 0 aromatic heterocycles. The number of benzene rings is 1. The largest absolute Gasteiger partial charge is 0.341 e. The monoisotopic (exact) mass is 306 g/mol. The first kappa shape index (κ1) is 16.0. The fourth-order valence-corrected chi connectivity index (χ4v) is 2.80. The zero-order valence-corrected chi connectivity index (χ0v) is 12.5. The summed E-state index contributed by atoms with van der Waals surface area (Å²) in [6.07, 6.45) is 0.0685. The highest BCUT2D eigenvalue weighted by Gasteiger charge is 2.23. The SMILES string of the molecule is CNC(=O)Nc1ccc(CP(=O)(OC)OC)c(Cl)c1. The molecule has 8 heteroatoms. The van der Waals surface area contributed by atoms with E-state index in [4.69, 9.17) is 20.6 Å². The lowest BCUT2D eigenvalue weighted by molar-refractivity contribution is 0.254. The lowest BCUT2D eigenvalue weighted by Crippen LogP contribution is -2.24. The van der Waals surface area contributed by atoms with Gasteiger partial charge >= 0.3 is 13.6 Å². The molecule has 0 unspecified atom stereocenters. The summed E-state index contributed by atoms with van der Waals surface area (Å²) in [7, 11) is 0.988. The van der Waals surface area contributed by atoms with Crippen molar-refractivity contribution in [1.82, 2.24) is 5.32 Å². The number of amides is 2. The summed E-state index contributed by atoms with van der Waals surface area (Å²) >= 11 is 6.07. The highest BCUT2D eigenvalue weighted by molar-refractivity contribution is 7.52. The second-order valence-corrected chi connectivity index (χ2v) is 6.32. The van der Waals surface area contributed by atoms with Crippen molar-refractivity contribution in [1.29, 1.82) is 0 Å². The van der Waals surface area contributed by atoms with Gasteiger partial charge in [-0.3, -0.25) is 4.57 Å². The summed E-state index contributed by atoms with van der Waals surface area (Å²) in [5.41, 5.74) is 1.16. The van der Waals surface area contributed by atoms with Gasteiger partial charge in [0, 0.05) is 32.0 Å². The van der Waals surface area contributed by atoms with Crippen LogP contribution < -0.4 is 10.6 Å². The van der Waals surface area contributed by atoms with Gasteiger partial charge in [-0.1, -0.05) is 17.7 Å². The Morgan fingerprint density at radius 3 is 2.47 bits per heavy atom. The predicted octanol–water partition coefficient (Wildman–Crippen LogP) is 3.08. The van der Waals surface area contributed by atoms with Crippen LogP contribution in [0.15, 0.2) is 18.2 Å². The molecule has 0 fully saturated rings. The Hall–Kier alpha value is -1.07. The average Bonchev–Trinajstić information content (AvgIpc) is 2.41. The van der Waals surface area contributed by atoms with Crippen LogP contribution in [0.1, 0.15) is 5.56 Å². The number of anilines is 1. The number of nitrogens with one attached hydrogen (secondary N) is 2. The average molecular weight is 307 g/mol. The van der Waals surface area contributed by atoms with Crippen molar-refractivity contribution in [2.75, 3.05) is 26.6 Å². The van der Waals surface area contributed by atoms with Crippen LogP contribution in [-0.4, -0.2) is 27.3 Å². The molecule has 0 saturated carbocycles. The van der Waals surface area contributed by atoms with Gasteiger partial charge in [0.1, 0.15) is 0 Å². The Balaban J connectivity index is 2.89. The van der Waals surface area contributed by atoms with Crippen molar-refractivity contribution >= 4 is 30.9 Å². The van der Waals surface area contributed by atoms with Crippen LogP contribution in [0.5, 0.6) is 0 Å². The molecular formula is C11H16ClN2O4P. The van der Waals surface area contributed by atoms with Crippen molar-refractivity contribution in [3.63, 3.8) is 0 Å². The van der Waals surface area contributed by atoms with Crippen LogP contribution in [0.2, 0.25) is 5.02 Å².